The number of rotatable bonds is 2. The number of imidazole rings is 1. The van der Waals surface area contributed by atoms with Gasteiger partial charge in [0.1, 0.15) is 12.4 Å². The van der Waals surface area contributed by atoms with Crippen molar-refractivity contribution in [1.82, 2.24) is 14.5 Å². The van der Waals surface area contributed by atoms with Gasteiger partial charge in [-0.2, -0.15) is 0 Å². The number of para-hydroxylation sites is 2. The molecule has 0 N–H and O–H groups in total. The number of nitrogens with zero attached hydrogens (tertiary/aromatic N) is 3. The van der Waals surface area contributed by atoms with Crippen molar-refractivity contribution in [2.45, 2.75) is 32.4 Å². The molecule has 4 rings (SSSR count). The Bertz CT molecular complexity index is 620. The molecule has 112 valence electrons. The van der Waals surface area contributed by atoms with Crippen molar-refractivity contribution >= 4 is 12.4 Å². The number of halogens is 1. The molecule has 2 aliphatic heterocycles. The zero-order valence-electron chi connectivity index (χ0n) is 12.0. The molecule has 0 atom stereocenters. The summed E-state index contributed by atoms with van der Waals surface area (Å²) in [5.74, 6) is 1.96. The fraction of sp³-hybridized carbons (Fsp3) is 0.438. The SMILES string of the molecule is Cl.c1ccc2c(c1)OCc1nc(CN3CCCCC3)cn1-2. The molecule has 4 nitrogen and oxygen atoms in total. The van der Waals surface area contributed by atoms with E-state index < -0.39 is 0 Å². The molecule has 0 spiro atoms. The van der Waals surface area contributed by atoms with Gasteiger partial charge in [-0.3, -0.25) is 9.47 Å². The van der Waals surface area contributed by atoms with Crippen molar-refractivity contribution in [1.29, 1.82) is 0 Å². The lowest BCUT2D eigenvalue weighted by Gasteiger charge is -2.25. The Balaban J connectivity index is 0.00000132. The summed E-state index contributed by atoms with van der Waals surface area (Å²) >= 11 is 0. The second kappa shape index (κ2) is 6.08. The summed E-state index contributed by atoms with van der Waals surface area (Å²) < 4.78 is 7.93. The number of aromatic nitrogens is 2. The fourth-order valence-corrected chi connectivity index (χ4v) is 3.13. The molecule has 2 aliphatic rings. The van der Waals surface area contributed by atoms with Gasteiger partial charge in [0.15, 0.2) is 5.82 Å². The van der Waals surface area contributed by atoms with Gasteiger partial charge in [0.05, 0.1) is 11.4 Å². The van der Waals surface area contributed by atoms with Crippen LogP contribution in [0.3, 0.4) is 0 Å². The maximum Gasteiger partial charge on any atom is 0.151 e. The van der Waals surface area contributed by atoms with Gasteiger partial charge in [0.2, 0.25) is 0 Å². The van der Waals surface area contributed by atoms with Crippen LogP contribution >= 0.6 is 12.4 Å². The normalized spacial score (nSPS) is 17.3. The van der Waals surface area contributed by atoms with Gasteiger partial charge in [0, 0.05) is 12.7 Å². The Kier molecular flexibility index (Phi) is 4.17. The minimum atomic E-state index is 0. The average molecular weight is 306 g/mol. The summed E-state index contributed by atoms with van der Waals surface area (Å²) in [7, 11) is 0. The van der Waals surface area contributed by atoms with E-state index in [-0.39, 0.29) is 12.4 Å². The van der Waals surface area contributed by atoms with Crippen LogP contribution in [-0.4, -0.2) is 27.5 Å². The highest BCUT2D eigenvalue weighted by Gasteiger charge is 2.20. The summed E-state index contributed by atoms with van der Waals surface area (Å²) in [4.78, 5) is 7.24. The molecular weight excluding hydrogens is 286 g/mol. The maximum absolute atomic E-state index is 5.76. The molecule has 21 heavy (non-hydrogen) atoms. The van der Waals surface area contributed by atoms with Crippen molar-refractivity contribution in [3.8, 4) is 11.4 Å². The molecule has 3 heterocycles. The summed E-state index contributed by atoms with van der Waals surface area (Å²) in [6.07, 6.45) is 6.18. The highest BCUT2D eigenvalue weighted by Crippen LogP contribution is 2.29. The zero-order valence-corrected chi connectivity index (χ0v) is 12.8. The number of ether oxygens (including phenoxy) is 1. The molecule has 1 saturated heterocycles. The molecule has 0 saturated carbocycles. The number of benzene rings is 1. The van der Waals surface area contributed by atoms with Gasteiger partial charge >= 0.3 is 0 Å². The van der Waals surface area contributed by atoms with Gasteiger partial charge < -0.3 is 4.74 Å². The largest absolute Gasteiger partial charge is 0.483 e. The molecule has 0 radical (unpaired) electrons. The van der Waals surface area contributed by atoms with Crippen LogP contribution < -0.4 is 4.74 Å². The zero-order chi connectivity index (χ0) is 13.4. The molecule has 2 aromatic rings. The van der Waals surface area contributed by atoms with E-state index in [1.54, 1.807) is 0 Å². The quantitative estimate of drug-likeness (QED) is 0.854. The van der Waals surface area contributed by atoms with E-state index in [1.807, 2.05) is 18.2 Å². The van der Waals surface area contributed by atoms with Gasteiger partial charge in [-0.1, -0.05) is 18.6 Å². The van der Waals surface area contributed by atoms with Crippen molar-refractivity contribution in [2.75, 3.05) is 13.1 Å². The first-order valence-electron chi connectivity index (χ1n) is 7.42. The van der Waals surface area contributed by atoms with Crippen LogP contribution in [0.2, 0.25) is 0 Å². The summed E-state index contributed by atoms with van der Waals surface area (Å²) in [6, 6.07) is 8.16. The molecule has 1 aromatic heterocycles. The van der Waals surface area contributed by atoms with Gasteiger partial charge in [-0.25, -0.2) is 4.98 Å². The van der Waals surface area contributed by atoms with E-state index in [0.29, 0.717) is 6.61 Å². The Morgan fingerprint density at radius 2 is 1.90 bits per heavy atom. The molecule has 5 heteroatoms. The van der Waals surface area contributed by atoms with E-state index >= 15 is 0 Å². The minimum Gasteiger partial charge on any atom is -0.483 e. The van der Waals surface area contributed by atoms with Crippen LogP contribution in [0.4, 0.5) is 0 Å². The first-order chi connectivity index (χ1) is 9.90. The first kappa shape index (κ1) is 14.4. The second-order valence-electron chi connectivity index (χ2n) is 5.61. The third-order valence-corrected chi connectivity index (χ3v) is 4.14. The molecule has 1 fully saturated rings. The Labute approximate surface area is 131 Å². The first-order valence-corrected chi connectivity index (χ1v) is 7.42. The van der Waals surface area contributed by atoms with Crippen LogP contribution in [0.25, 0.3) is 5.69 Å². The third-order valence-electron chi connectivity index (χ3n) is 4.14. The van der Waals surface area contributed by atoms with E-state index in [1.165, 1.54) is 32.4 Å². The lowest BCUT2D eigenvalue weighted by molar-refractivity contribution is 0.218. The molecule has 0 aliphatic carbocycles. The number of fused-ring (bicyclic) bond motifs is 3. The van der Waals surface area contributed by atoms with Crippen LogP contribution in [0.5, 0.6) is 5.75 Å². The molecular formula is C16H20ClN3O. The summed E-state index contributed by atoms with van der Waals surface area (Å²) in [5.41, 5.74) is 2.26. The monoisotopic (exact) mass is 305 g/mol. The van der Waals surface area contributed by atoms with Crippen molar-refractivity contribution in [2.24, 2.45) is 0 Å². The van der Waals surface area contributed by atoms with Gasteiger partial charge in [0.25, 0.3) is 0 Å². The third kappa shape index (κ3) is 2.78. The van der Waals surface area contributed by atoms with E-state index in [4.69, 9.17) is 9.72 Å². The molecule has 0 bridgehead atoms. The lowest BCUT2D eigenvalue weighted by atomic mass is 10.1. The molecule has 0 unspecified atom stereocenters. The van der Waals surface area contributed by atoms with E-state index in [0.717, 1.165) is 29.5 Å². The van der Waals surface area contributed by atoms with Crippen LogP contribution in [0.15, 0.2) is 30.5 Å². The summed E-state index contributed by atoms with van der Waals surface area (Å²) in [6.45, 7) is 3.93. The fourth-order valence-electron chi connectivity index (χ4n) is 3.13. The number of piperidine rings is 1. The predicted octanol–water partition coefficient (Wildman–Crippen LogP) is 3.17. The Hall–Kier alpha value is -1.52. The summed E-state index contributed by atoms with van der Waals surface area (Å²) in [5, 5.41) is 0. The smallest absolute Gasteiger partial charge is 0.151 e. The van der Waals surface area contributed by atoms with E-state index in [2.05, 4.69) is 21.7 Å². The standard InChI is InChI=1S/C16H19N3O.ClH/c1-4-8-18(9-5-1)10-13-11-19-14-6-2-3-7-15(14)20-12-16(19)17-13;/h2-3,6-7,11H,1,4-5,8-10,12H2;1H. The Morgan fingerprint density at radius 3 is 2.76 bits per heavy atom. The van der Waals surface area contributed by atoms with Crippen molar-refractivity contribution < 1.29 is 4.74 Å². The number of hydrogen-bond acceptors (Lipinski definition) is 3. The number of likely N-dealkylation sites (tertiary alicyclic amines) is 1. The van der Waals surface area contributed by atoms with Crippen molar-refractivity contribution in [3.05, 3.63) is 42.0 Å². The minimum absolute atomic E-state index is 0. The number of hydrogen-bond donors (Lipinski definition) is 0. The van der Waals surface area contributed by atoms with E-state index in [9.17, 15) is 0 Å². The molecule has 0 amide bonds. The Morgan fingerprint density at radius 1 is 1.10 bits per heavy atom. The molecule has 1 aromatic carbocycles. The maximum atomic E-state index is 5.76. The van der Waals surface area contributed by atoms with Gasteiger partial charge in [-0.15, -0.1) is 12.4 Å². The van der Waals surface area contributed by atoms with Crippen LogP contribution in [-0.2, 0) is 13.2 Å². The average Bonchev–Trinajstić information content (AvgIpc) is 2.91. The second-order valence-corrected chi connectivity index (χ2v) is 5.61. The van der Waals surface area contributed by atoms with Crippen LogP contribution in [0.1, 0.15) is 30.8 Å². The topological polar surface area (TPSA) is 30.3 Å². The highest BCUT2D eigenvalue weighted by molar-refractivity contribution is 5.85. The lowest BCUT2D eigenvalue weighted by Crippen LogP contribution is -2.29. The van der Waals surface area contributed by atoms with Crippen molar-refractivity contribution in [3.63, 3.8) is 0 Å². The van der Waals surface area contributed by atoms with Crippen LogP contribution in [0, 0.1) is 0 Å². The highest BCUT2D eigenvalue weighted by atomic mass is 35.5. The van der Waals surface area contributed by atoms with Gasteiger partial charge in [-0.05, 0) is 38.1 Å². The predicted molar refractivity (Wildman–Crippen MR) is 84.3 cm³/mol.